The van der Waals surface area contributed by atoms with E-state index < -0.39 is 0 Å². The predicted molar refractivity (Wildman–Crippen MR) is 148 cm³/mol. The molecule has 0 spiro atoms. The van der Waals surface area contributed by atoms with Crippen LogP contribution in [0.2, 0.25) is 0 Å². The van der Waals surface area contributed by atoms with Crippen LogP contribution in [0.3, 0.4) is 0 Å². The third-order valence-electron chi connectivity index (χ3n) is 7.91. The Hall–Kier alpha value is -3.71. The first-order chi connectivity index (χ1) is 18.5. The van der Waals surface area contributed by atoms with Gasteiger partial charge in [-0.25, -0.2) is 0 Å². The normalized spacial score (nSPS) is 19.9. The number of nitrogens with zero attached hydrogens (tertiary/aromatic N) is 4. The van der Waals surface area contributed by atoms with Crippen LogP contribution in [-0.2, 0) is 29.1 Å². The first kappa shape index (κ1) is 25.9. The number of hydrogen-bond donors (Lipinski definition) is 0. The van der Waals surface area contributed by atoms with Gasteiger partial charge in [0.05, 0.1) is 13.5 Å². The van der Waals surface area contributed by atoms with Crippen molar-refractivity contribution in [2.45, 2.75) is 57.8 Å². The predicted octanol–water partition coefficient (Wildman–Crippen LogP) is 4.45. The molecule has 3 heterocycles. The number of ether oxygens (including phenoxy) is 1. The van der Waals surface area contributed by atoms with Gasteiger partial charge in [0.1, 0.15) is 5.75 Å². The molecule has 0 aliphatic carbocycles. The molecule has 2 aliphatic rings. The van der Waals surface area contributed by atoms with Crippen molar-refractivity contribution in [3.8, 4) is 5.75 Å². The fraction of sp³-hybridized carbons (Fsp3) is 0.387. The molecule has 7 nitrogen and oxygen atoms in total. The Morgan fingerprint density at radius 3 is 2.47 bits per heavy atom. The highest BCUT2D eigenvalue weighted by Crippen LogP contribution is 2.33. The van der Waals surface area contributed by atoms with Gasteiger partial charge in [-0.1, -0.05) is 36.4 Å². The maximum atomic E-state index is 13.9. The second kappa shape index (κ2) is 11.8. The number of methoxy groups -OCH3 is 1. The van der Waals surface area contributed by atoms with E-state index in [1.165, 1.54) is 5.56 Å². The molecule has 0 radical (unpaired) electrons. The summed E-state index contributed by atoms with van der Waals surface area (Å²) in [5.74, 6) is 0.811. The maximum Gasteiger partial charge on any atom is 0.227 e. The fourth-order valence-corrected chi connectivity index (χ4v) is 5.95. The second-order valence-electron chi connectivity index (χ2n) is 10.3. The lowest BCUT2D eigenvalue weighted by molar-refractivity contribution is -0.132. The van der Waals surface area contributed by atoms with E-state index in [1.807, 2.05) is 70.7 Å². The molecule has 2 unspecified atom stereocenters. The summed E-state index contributed by atoms with van der Waals surface area (Å²) in [4.78, 5) is 37.3. The number of carbonyl (C=O) groups is 2. The van der Waals surface area contributed by atoms with E-state index in [2.05, 4.69) is 22.0 Å². The summed E-state index contributed by atoms with van der Waals surface area (Å²) in [5.41, 5.74) is 3.99. The van der Waals surface area contributed by atoms with Gasteiger partial charge in [0.25, 0.3) is 0 Å². The van der Waals surface area contributed by atoms with E-state index in [0.717, 1.165) is 48.4 Å². The number of rotatable bonds is 5. The molecule has 198 valence electrons. The average Bonchev–Trinajstić information content (AvgIpc) is 3.29. The zero-order valence-corrected chi connectivity index (χ0v) is 22.3. The molecule has 38 heavy (non-hydrogen) atoms. The largest absolute Gasteiger partial charge is 0.496 e. The van der Waals surface area contributed by atoms with Crippen molar-refractivity contribution >= 4 is 17.5 Å². The third kappa shape index (κ3) is 5.73. The first-order valence-electron chi connectivity index (χ1n) is 13.4. The fourth-order valence-electron chi connectivity index (χ4n) is 5.95. The van der Waals surface area contributed by atoms with Gasteiger partial charge in [-0.3, -0.25) is 19.5 Å². The van der Waals surface area contributed by atoms with Crippen LogP contribution in [0.4, 0.5) is 5.69 Å². The quantitative estimate of drug-likeness (QED) is 0.505. The molecule has 2 bridgehead atoms. The molecule has 1 aromatic heterocycles. The topological polar surface area (TPSA) is 66.0 Å². The van der Waals surface area contributed by atoms with Crippen molar-refractivity contribution in [3.05, 3.63) is 89.7 Å². The van der Waals surface area contributed by atoms with Gasteiger partial charge in [0.15, 0.2) is 0 Å². The van der Waals surface area contributed by atoms with Crippen LogP contribution in [0.25, 0.3) is 0 Å². The number of amides is 2. The Morgan fingerprint density at radius 2 is 1.68 bits per heavy atom. The van der Waals surface area contributed by atoms with Crippen LogP contribution in [0.5, 0.6) is 5.75 Å². The summed E-state index contributed by atoms with van der Waals surface area (Å²) in [7, 11) is 1.64. The average molecular weight is 513 g/mol. The van der Waals surface area contributed by atoms with Gasteiger partial charge in [-0.15, -0.1) is 0 Å². The molecule has 1 fully saturated rings. The summed E-state index contributed by atoms with van der Waals surface area (Å²) in [6, 6.07) is 20.4. The molecule has 2 amide bonds. The van der Waals surface area contributed by atoms with Crippen LogP contribution in [0, 0.1) is 0 Å². The molecule has 3 aromatic rings. The molecular formula is C31H36N4O3. The highest BCUT2D eigenvalue weighted by Gasteiger charge is 2.36. The lowest BCUT2D eigenvalue weighted by Gasteiger charge is -2.34. The van der Waals surface area contributed by atoms with Gasteiger partial charge in [-0.2, -0.15) is 0 Å². The molecule has 0 saturated carbocycles. The van der Waals surface area contributed by atoms with Gasteiger partial charge in [0, 0.05) is 68.8 Å². The molecule has 1 saturated heterocycles. The van der Waals surface area contributed by atoms with Crippen molar-refractivity contribution in [3.63, 3.8) is 0 Å². The number of pyridine rings is 1. The molecule has 0 N–H and O–H groups in total. The summed E-state index contributed by atoms with van der Waals surface area (Å²) >= 11 is 0. The van der Waals surface area contributed by atoms with Crippen molar-refractivity contribution in [2.75, 3.05) is 25.1 Å². The molecule has 7 heteroatoms. The number of aromatic nitrogens is 1. The molecule has 2 atom stereocenters. The van der Waals surface area contributed by atoms with Crippen LogP contribution in [0.15, 0.2) is 73.1 Å². The van der Waals surface area contributed by atoms with E-state index in [0.29, 0.717) is 25.7 Å². The molecule has 2 aromatic carbocycles. The maximum absolute atomic E-state index is 13.9. The summed E-state index contributed by atoms with van der Waals surface area (Å²) in [6.45, 7) is 4.19. The van der Waals surface area contributed by atoms with E-state index >= 15 is 0 Å². The lowest BCUT2D eigenvalue weighted by Crippen LogP contribution is -2.45. The van der Waals surface area contributed by atoms with Crippen molar-refractivity contribution < 1.29 is 14.3 Å². The number of fused-ring (bicyclic) bond motifs is 3. The third-order valence-corrected chi connectivity index (χ3v) is 7.91. The van der Waals surface area contributed by atoms with Gasteiger partial charge >= 0.3 is 0 Å². The number of benzene rings is 2. The molecular weight excluding hydrogens is 476 g/mol. The van der Waals surface area contributed by atoms with Crippen LogP contribution < -0.4 is 9.64 Å². The Labute approximate surface area is 225 Å². The number of hydrogen-bond acceptors (Lipinski definition) is 5. The van der Waals surface area contributed by atoms with Crippen molar-refractivity contribution in [2.24, 2.45) is 0 Å². The minimum atomic E-state index is 0.0267. The smallest absolute Gasteiger partial charge is 0.227 e. The molecule has 2 aliphatic heterocycles. The summed E-state index contributed by atoms with van der Waals surface area (Å²) in [6.07, 6.45) is 6.91. The first-order valence-corrected chi connectivity index (χ1v) is 13.4. The zero-order chi connectivity index (χ0) is 26.5. The van der Waals surface area contributed by atoms with Crippen LogP contribution >= 0.6 is 0 Å². The Bertz CT molecular complexity index is 1260. The van der Waals surface area contributed by atoms with Crippen LogP contribution in [0.1, 0.15) is 42.9 Å². The Morgan fingerprint density at radius 1 is 0.947 bits per heavy atom. The van der Waals surface area contributed by atoms with Gasteiger partial charge < -0.3 is 14.5 Å². The Kier molecular flexibility index (Phi) is 8.03. The van der Waals surface area contributed by atoms with Gasteiger partial charge in [0.2, 0.25) is 11.8 Å². The van der Waals surface area contributed by atoms with E-state index in [-0.39, 0.29) is 24.3 Å². The lowest BCUT2D eigenvalue weighted by atomic mass is 10.1. The van der Waals surface area contributed by atoms with Gasteiger partial charge in [-0.05, 0) is 54.7 Å². The summed E-state index contributed by atoms with van der Waals surface area (Å²) in [5, 5.41) is 0. The monoisotopic (exact) mass is 512 g/mol. The van der Waals surface area contributed by atoms with E-state index in [4.69, 9.17) is 4.74 Å². The van der Waals surface area contributed by atoms with E-state index in [9.17, 15) is 9.59 Å². The molecule has 5 rings (SSSR count). The van der Waals surface area contributed by atoms with E-state index in [1.54, 1.807) is 14.0 Å². The minimum Gasteiger partial charge on any atom is -0.496 e. The van der Waals surface area contributed by atoms with Crippen LogP contribution in [-0.4, -0.2) is 58.9 Å². The van der Waals surface area contributed by atoms with Crippen molar-refractivity contribution in [1.29, 1.82) is 0 Å². The summed E-state index contributed by atoms with van der Waals surface area (Å²) < 4.78 is 5.53. The minimum absolute atomic E-state index is 0.0267. The van der Waals surface area contributed by atoms with Crippen molar-refractivity contribution in [1.82, 2.24) is 14.8 Å². The highest BCUT2D eigenvalue weighted by molar-refractivity contribution is 5.92. The highest BCUT2D eigenvalue weighted by atomic mass is 16.5. The second-order valence-corrected chi connectivity index (χ2v) is 10.3. The number of carbonyl (C=O) groups excluding carboxylic acids is 2. The number of anilines is 1. The standard InChI is InChI=1S/C31H36N4O3/c1-23(36)34-18-15-27-11-12-28(35(27)20-24-13-16-32-17-14-24)22-33(21-26-8-3-5-9-29(26)34)31(37)19-25-7-4-6-10-30(25)38-2/h3-10,13-14,16-17,27-28H,11-12,15,18-22H2,1-2H3. The SMILES string of the molecule is COc1ccccc1CC(=O)N1Cc2ccccc2N(C(C)=O)CCC2CCC(C1)N2Cc1ccncc1. The zero-order valence-electron chi connectivity index (χ0n) is 22.3. The number of para-hydroxylation sites is 2. The Balaban J connectivity index is 1.50.